The summed E-state index contributed by atoms with van der Waals surface area (Å²) in [6.07, 6.45) is 1.43. The Morgan fingerprint density at radius 2 is 2.00 bits per heavy atom. The second-order valence-electron chi connectivity index (χ2n) is 8.14. The van der Waals surface area contributed by atoms with E-state index in [0.717, 1.165) is 0 Å². The van der Waals surface area contributed by atoms with Gasteiger partial charge in [-0.3, -0.25) is 14.6 Å². The van der Waals surface area contributed by atoms with Crippen LogP contribution in [0.5, 0.6) is 0 Å². The number of likely N-dealkylation sites (N-methyl/N-ethyl adjacent to an activating group) is 1. The predicted octanol–water partition coefficient (Wildman–Crippen LogP) is 4.13. The number of nitrogens with one attached hydrogen (secondary N) is 2. The Morgan fingerprint density at radius 1 is 1.29 bits per heavy atom. The van der Waals surface area contributed by atoms with Crippen molar-refractivity contribution >= 4 is 52.1 Å². The number of anilines is 2. The Balaban J connectivity index is 2.05. The lowest BCUT2D eigenvalue weighted by Crippen LogP contribution is -2.41. The van der Waals surface area contributed by atoms with Crippen LogP contribution in [-0.4, -0.2) is 49.1 Å². The van der Waals surface area contributed by atoms with Gasteiger partial charge in [0.05, 0.1) is 21.1 Å². The minimum atomic E-state index is -1.21. The van der Waals surface area contributed by atoms with Crippen LogP contribution in [0.25, 0.3) is 0 Å². The van der Waals surface area contributed by atoms with Gasteiger partial charge in [-0.25, -0.2) is 8.78 Å². The molecule has 35 heavy (non-hydrogen) atoms. The zero-order chi connectivity index (χ0) is 25.9. The SMILES string of the molecule is C=CC(=O)N1CCC(Nc2cc(N)c(C(C)=NCC(=O)NC)c(F)c2)(c2c(F)ccc(Cl)c2Cl)C1. The Hall–Kier alpha value is -3.17. The summed E-state index contributed by atoms with van der Waals surface area (Å²) < 4.78 is 30.2. The van der Waals surface area contributed by atoms with Crippen LogP contribution in [0.15, 0.2) is 41.9 Å². The fourth-order valence-corrected chi connectivity index (χ4v) is 4.66. The molecule has 0 aliphatic carbocycles. The average Bonchev–Trinajstić information content (AvgIpc) is 3.23. The third-order valence-corrected chi connectivity index (χ3v) is 6.69. The van der Waals surface area contributed by atoms with E-state index in [4.69, 9.17) is 28.9 Å². The zero-order valence-electron chi connectivity index (χ0n) is 19.2. The number of nitrogen functional groups attached to an aromatic ring is 1. The lowest BCUT2D eigenvalue weighted by Gasteiger charge is -2.34. The number of amides is 2. The number of nitrogens with two attached hydrogens (primary N) is 1. The van der Waals surface area contributed by atoms with E-state index < -0.39 is 17.2 Å². The number of hydrogen-bond donors (Lipinski definition) is 3. The molecule has 1 aliphatic rings. The molecule has 2 amide bonds. The van der Waals surface area contributed by atoms with E-state index in [1.807, 2.05) is 0 Å². The molecular formula is C24H25Cl2F2N5O2. The number of rotatable bonds is 7. The number of carbonyl (C=O) groups excluding carboxylic acids is 2. The molecule has 7 nitrogen and oxygen atoms in total. The molecule has 4 N–H and O–H groups in total. The first kappa shape index (κ1) is 26.4. The number of likely N-dealkylation sites (tertiary alicyclic amines) is 1. The third-order valence-electron chi connectivity index (χ3n) is 5.88. The molecule has 1 aliphatic heterocycles. The molecule has 0 aromatic heterocycles. The first-order valence-corrected chi connectivity index (χ1v) is 11.4. The van der Waals surface area contributed by atoms with E-state index in [-0.39, 0.29) is 76.1 Å². The van der Waals surface area contributed by atoms with E-state index in [2.05, 4.69) is 22.2 Å². The largest absolute Gasteiger partial charge is 0.398 e. The van der Waals surface area contributed by atoms with Crippen molar-refractivity contribution in [2.75, 3.05) is 37.7 Å². The van der Waals surface area contributed by atoms with Gasteiger partial charge in [-0.2, -0.15) is 0 Å². The summed E-state index contributed by atoms with van der Waals surface area (Å²) in [5.74, 6) is -1.97. The molecule has 2 aromatic rings. The highest BCUT2D eigenvalue weighted by Crippen LogP contribution is 2.43. The van der Waals surface area contributed by atoms with Crippen molar-refractivity contribution in [2.45, 2.75) is 18.9 Å². The molecule has 1 saturated heterocycles. The molecule has 0 radical (unpaired) electrons. The van der Waals surface area contributed by atoms with Crippen molar-refractivity contribution in [3.8, 4) is 0 Å². The molecule has 0 spiro atoms. The Bertz CT molecular complexity index is 1200. The van der Waals surface area contributed by atoms with Gasteiger partial charge < -0.3 is 21.3 Å². The minimum absolute atomic E-state index is 0.00527. The second-order valence-corrected chi connectivity index (χ2v) is 8.92. The van der Waals surface area contributed by atoms with Crippen LogP contribution in [-0.2, 0) is 15.1 Å². The molecule has 1 heterocycles. The Morgan fingerprint density at radius 3 is 2.63 bits per heavy atom. The van der Waals surface area contributed by atoms with Crippen molar-refractivity contribution < 1.29 is 18.4 Å². The van der Waals surface area contributed by atoms with Crippen molar-refractivity contribution in [3.63, 3.8) is 0 Å². The number of carbonyl (C=O) groups is 2. The normalized spacial score (nSPS) is 17.9. The second kappa shape index (κ2) is 10.6. The van der Waals surface area contributed by atoms with Crippen LogP contribution >= 0.6 is 23.2 Å². The molecular weight excluding hydrogens is 499 g/mol. The molecule has 3 rings (SSSR count). The van der Waals surface area contributed by atoms with Crippen LogP contribution < -0.4 is 16.4 Å². The van der Waals surface area contributed by atoms with Gasteiger partial charge in [-0.05, 0) is 43.7 Å². The van der Waals surface area contributed by atoms with Crippen LogP contribution in [0, 0.1) is 11.6 Å². The van der Waals surface area contributed by atoms with Crippen molar-refractivity contribution in [2.24, 2.45) is 4.99 Å². The lowest BCUT2D eigenvalue weighted by atomic mass is 9.87. The summed E-state index contributed by atoms with van der Waals surface area (Å²) in [6.45, 7) is 5.18. The first-order chi connectivity index (χ1) is 16.5. The Kier molecular flexibility index (Phi) is 8.02. The predicted molar refractivity (Wildman–Crippen MR) is 135 cm³/mol. The fraction of sp³-hybridized carbons (Fsp3) is 0.292. The summed E-state index contributed by atoms with van der Waals surface area (Å²) >= 11 is 12.6. The van der Waals surface area contributed by atoms with Crippen molar-refractivity contribution in [1.29, 1.82) is 0 Å². The number of benzene rings is 2. The summed E-state index contributed by atoms with van der Waals surface area (Å²) in [5.41, 5.74) is 5.60. The first-order valence-electron chi connectivity index (χ1n) is 10.7. The molecule has 2 aromatic carbocycles. The van der Waals surface area contributed by atoms with E-state index in [1.54, 1.807) is 6.92 Å². The van der Waals surface area contributed by atoms with Gasteiger partial charge in [-0.15, -0.1) is 0 Å². The van der Waals surface area contributed by atoms with Gasteiger partial charge >= 0.3 is 0 Å². The van der Waals surface area contributed by atoms with Gasteiger partial charge in [0, 0.05) is 42.8 Å². The maximum absolute atomic E-state index is 15.2. The van der Waals surface area contributed by atoms with Gasteiger partial charge in [-0.1, -0.05) is 29.8 Å². The van der Waals surface area contributed by atoms with Crippen molar-refractivity contribution in [3.05, 3.63) is 69.7 Å². The summed E-state index contributed by atoms with van der Waals surface area (Å²) in [6, 6.07) is 5.20. The highest BCUT2D eigenvalue weighted by atomic mass is 35.5. The summed E-state index contributed by atoms with van der Waals surface area (Å²) in [7, 11) is 1.47. The number of aliphatic imine (C=N–C) groups is 1. The lowest BCUT2D eigenvalue weighted by molar-refractivity contribution is -0.125. The van der Waals surface area contributed by atoms with Gasteiger partial charge in [0.1, 0.15) is 18.2 Å². The van der Waals surface area contributed by atoms with Crippen LogP contribution in [0.4, 0.5) is 20.2 Å². The Labute approximate surface area is 212 Å². The third kappa shape index (κ3) is 5.41. The van der Waals surface area contributed by atoms with Crippen LogP contribution in [0.2, 0.25) is 10.0 Å². The fourth-order valence-electron chi connectivity index (χ4n) is 4.17. The number of nitrogens with zero attached hydrogens (tertiary/aromatic N) is 2. The van der Waals surface area contributed by atoms with Crippen molar-refractivity contribution in [1.82, 2.24) is 10.2 Å². The molecule has 0 saturated carbocycles. The molecule has 186 valence electrons. The summed E-state index contributed by atoms with van der Waals surface area (Å²) in [4.78, 5) is 29.3. The molecule has 1 atom stereocenters. The monoisotopic (exact) mass is 523 g/mol. The maximum atomic E-state index is 15.2. The van der Waals surface area contributed by atoms with Gasteiger partial charge in [0.25, 0.3) is 0 Å². The van der Waals surface area contributed by atoms with Crippen LogP contribution in [0.1, 0.15) is 24.5 Å². The topological polar surface area (TPSA) is 99.8 Å². The average molecular weight is 524 g/mol. The van der Waals surface area contributed by atoms with Crippen LogP contribution in [0.3, 0.4) is 0 Å². The molecule has 0 bridgehead atoms. The molecule has 1 unspecified atom stereocenters. The quantitative estimate of drug-likeness (QED) is 0.220. The number of halogens is 4. The van der Waals surface area contributed by atoms with E-state index in [1.165, 1.54) is 42.3 Å². The van der Waals surface area contributed by atoms with E-state index >= 15 is 8.78 Å². The van der Waals surface area contributed by atoms with Gasteiger partial charge in [0.15, 0.2) is 0 Å². The zero-order valence-corrected chi connectivity index (χ0v) is 20.7. The smallest absolute Gasteiger partial charge is 0.246 e. The maximum Gasteiger partial charge on any atom is 0.246 e. The van der Waals surface area contributed by atoms with Gasteiger partial charge in [0.2, 0.25) is 11.8 Å². The number of hydrogen-bond acceptors (Lipinski definition) is 5. The van der Waals surface area contributed by atoms with E-state index in [9.17, 15) is 9.59 Å². The highest BCUT2D eigenvalue weighted by Gasteiger charge is 2.44. The highest BCUT2D eigenvalue weighted by molar-refractivity contribution is 6.42. The minimum Gasteiger partial charge on any atom is -0.398 e. The molecule has 11 heteroatoms. The summed E-state index contributed by atoms with van der Waals surface area (Å²) in [5, 5.41) is 5.73. The molecule has 1 fully saturated rings. The van der Waals surface area contributed by atoms with E-state index in [0.29, 0.717) is 0 Å². The standard InChI is InChI=1S/C24H25Cl2F2N5O2/c1-4-20(35)33-8-7-24(12-33,22-16(27)6-5-15(25)23(22)26)32-14-9-17(28)21(18(29)10-14)13(2)31-11-19(34)30-3/h4-6,9-10,32H,1,7-8,11-12,29H2,2-3H3,(H,30,34).